The van der Waals surface area contributed by atoms with Gasteiger partial charge in [0.1, 0.15) is 23.7 Å². The standard InChI is InChI=1S/C26H24N4O4/c1-25(2,32-4)8-7-16-9-21-23(29-12-16)34-22-6-5-17(18-10-19(31-3)14-28-13-18)11-20(22)26(21)15-33-24(27)30-26/h5-6,9-14H,15H2,1-4H3,(H2,27,30)/t26-/m0/s1. The molecule has 4 heterocycles. The van der Waals surface area contributed by atoms with E-state index in [0.717, 1.165) is 22.3 Å². The Labute approximate surface area is 197 Å². The van der Waals surface area contributed by atoms with Crippen LogP contribution in [0, 0.1) is 11.8 Å². The summed E-state index contributed by atoms with van der Waals surface area (Å²) in [5.41, 5.74) is 8.63. The van der Waals surface area contributed by atoms with E-state index < -0.39 is 11.1 Å². The van der Waals surface area contributed by atoms with E-state index in [1.807, 2.05) is 44.2 Å². The minimum Gasteiger partial charge on any atom is -0.495 e. The number of nitrogens with zero attached hydrogens (tertiary/aromatic N) is 3. The minimum absolute atomic E-state index is 0.115. The molecule has 0 unspecified atom stereocenters. The van der Waals surface area contributed by atoms with Gasteiger partial charge in [-0.3, -0.25) is 4.98 Å². The van der Waals surface area contributed by atoms with Crippen molar-refractivity contribution in [1.82, 2.24) is 9.97 Å². The summed E-state index contributed by atoms with van der Waals surface area (Å²) >= 11 is 0. The second kappa shape index (κ2) is 8.04. The van der Waals surface area contributed by atoms with Crippen molar-refractivity contribution < 1.29 is 18.9 Å². The molecule has 0 amide bonds. The third kappa shape index (κ3) is 3.70. The molecule has 0 bridgehead atoms. The van der Waals surface area contributed by atoms with E-state index in [1.54, 1.807) is 32.8 Å². The van der Waals surface area contributed by atoms with E-state index in [9.17, 15) is 0 Å². The van der Waals surface area contributed by atoms with E-state index >= 15 is 0 Å². The summed E-state index contributed by atoms with van der Waals surface area (Å²) in [5, 5.41) is 0. The van der Waals surface area contributed by atoms with Gasteiger partial charge in [0.2, 0.25) is 5.88 Å². The lowest BCUT2D eigenvalue weighted by Crippen LogP contribution is -2.31. The summed E-state index contributed by atoms with van der Waals surface area (Å²) in [5.74, 6) is 8.01. The molecule has 2 aliphatic heterocycles. The molecule has 3 aromatic rings. The molecule has 2 aromatic heterocycles. The van der Waals surface area contributed by atoms with Crippen LogP contribution in [-0.4, -0.2) is 42.4 Å². The molecule has 1 spiro atoms. The first-order valence-electron chi connectivity index (χ1n) is 10.7. The highest BCUT2D eigenvalue weighted by atomic mass is 16.5. The number of benzene rings is 1. The molecule has 0 radical (unpaired) electrons. The number of rotatable bonds is 3. The van der Waals surface area contributed by atoms with Gasteiger partial charge in [0, 0.05) is 36.2 Å². The van der Waals surface area contributed by atoms with Gasteiger partial charge in [0.25, 0.3) is 6.02 Å². The second-order valence-electron chi connectivity index (χ2n) is 8.57. The average molecular weight is 457 g/mol. The molecule has 0 saturated carbocycles. The molecule has 2 aliphatic rings. The number of nitrogens with two attached hydrogens (primary N) is 1. The van der Waals surface area contributed by atoms with Gasteiger partial charge in [-0.25, -0.2) is 9.98 Å². The van der Waals surface area contributed by atoms with Gasteiger partial charge in [-0.2, -0.15) is 0 Å². The topological polar surface area (TPSA) is 101 Å². The number of amidine groups is 1. The van der Waals surface area contributed by atoms with Crippen LogP contribution in [0.2, 0.25) is 0 Å². The Hall–Kier alpha value is -4.09. The molecule has 0 fully saturated rings. The Balaban J connectivity index is 1.65. The van der Waals surface area contributed by atoms with Crippen molar-refractivity contribution in [3.05, 3.63) is 65.6 Å². The van der Waals surface area contributed by atoms with Gasteiger partial charge < -0.3 is 24.7 Å². The molecule has 34 heavy (non-hydrogen) atoms. The number of hydrogen-bond acceptors (Lipinski definition) is 8. The number of hydrogen-bond donors (Lipinski definition) is 1. The summed E-state index contributed by atoms with van der Waals surface area (Å²) in [6.07, 6.45) is 5.12. The van der Waals surface area contributed by atoms with Crippen LogP contribution in [0.1, 0.15) is 30.5 Å². The van der Waals surface area contributed by atoms with Crippen LogP contribution in [-0.2, 0) is 15.0 Å². The molecular formula is C26H24N4O4. The maximum absolute atomic E-state index is 6.17. The van der Waals surface area contributed by atoms with Crippen molar-refractivity contribution >= 4 is 6.02 Å². The Morgan fingerprint density at radius 2 is 1.91 bits per heavy atom. The monoisotopic (exact) mass is 456 g/mol. The van der Waals surface area contributed by atoms with E-state index in [-0.39, 0.29) is 12.6 Å². The fraction of sp³-hybridized carbons (Fsp3) is 0.269. The highest BCUT2D eigenvalue weighted by molar-refractivity contribution is 5.77. The van der Waals surface area contributed by atoms with Crippen molar-refractivity contribution in [3.63, 3.8) is 0 Å². The number of fused-ring (bicyclic) bond motifs is 4. The van der Waals surface area contributed by atoms with Gasteiger partial charge in [0.05, 0.1) is 18.9 Å². The zero-order valence-corrected chi connectivity index (χ0v) is 19.4. The Bertz CT molecular complexity index is 1370. The number of pyridine rings is 2. The lowest BCUT2D eigenvalue weighted by atomic mass is 9.81. The molecule has 1 aromatic carbocycles. The molecule has 0 saturated heterocycles. The zero-order chi connectivity index (χ0) is 23.9. The van der Waals surface area contributed by atoms with Gasteiger partial charge >= 0.3 is 0 Å². The molecule has 8 nitrogen and oxygen atoms in total. The quantitative estimate of drug-likeness (QED) is 0.601. The first-order chi connectivity index (χ1) is 16.3. The first kappa shape index (κ1) is 21.7. The maximum atomic E-state index is 6.17. The van der Waals surface area contributed by atoms with Crippen molar-refractivity contribution in [1.29, 1.82) is 0 Å². The van der Waals surface area contributed by atoms with Gasteiger partial charge in [0.15, 0.2) is 5.54 Å². The zero-order valence-electron chi connectivity index (χ0n) is 19.4. The average Bonchev–Trinajstić information content (AvgIpc) is 3.25. The SMILES string of the molecule is COc1cncc(-c2ccc3c(c2)[C@@]2(COC(N)=N2)c2cc(C#CC(C)(C)OC)cnc2O3)c1. The predicted molar refractivity (Wildman–Crippen MR) is 127 cm³/mol. The highest BCUT2D eigenvalue weighted by Crippen LogP contribution is 2.51. The van der Waals surface area contributed by atoms with Crippen LogP contribution in [0.25, 0.3) is 11.1 Å². The van der Waals surface area contributed by atoms with Crippen molar-refractivity contribution in [3.8, 4) is 40.3 Å². The van der Waals surface area contributed by atoms with Crippen LogP contribution in [0.15, 0.2) is 53.9 Å². The molecule has 5 rings (SSSR count). The van der Waals surface area contributed by atoms with Gasteiger partial charge in [-0.1, -0.05) is 17.9 Å². The fourth-order valence-electron chi connectivity index (χ4n) is 3.94. The van der Waals surface area contributed by atoms with E-state index in [1.165, 1.54) is 0 Å². The summed E-state index contributed by atoms with van der Waals surface area (Å²) < 4.78 is 22.6. The lowest BCUT2D eigenvalue weighted by Gasteiger charge is -2.33. The minimum atomic E-state index is -0.906. The van der Waals surface area contributed by atoms with Crippen LogP contribution < -0.4 is 15.2 Å². The Morgan fingerprint density at radius 3 is 2.65 bits per heavy atom. The molecule has 1 atom stereocenters. The van der Waals surface area contributed by atoms with Crippen molar-refractivity contribution in [2.24, 2.45) is 10.7 Å². The number of methoxy groups -OCH3 is 2. The molecule has 172 valence electrons. The maximum Gasteiger partial charge on any atom is 0.283 e. The van der Waals surface area contributed by atoms with Gasteiger partial charge in [-0.05, 0) is 43.7 Å². The molecular weight excluding hydrogens is 432 g/mol. The summed E-state index contributed by atoms with van der Waals surface area (Å²) in [6.45, 7) is 4.03. The summed E-state index contributed by atoms with van der Waals surface area (Å²) in [6, 6.07) is 9.85. The summed E-state index contributed by atoms with van der Waals surface area (Å²) in [7, 11) is 3.24. The fourth-order valence-corrected chi connectivity index (χ4v) is 3.94. The number of aromatic nitrogens is 2. The largest absolute Gasteiger partial charge is 0.495 e. The van der Waals surface area contributed by atoms with Crippen LogP contribution in [0.4, 0.5) is 0 Å². The third-order valence-electron chi connectivity index (χ3n) is 5.96. The number of aliphatic imine (C=N–C) groups is 1. The number of ether oxygens (including phenoxy) is 4. The molecule has 8 heteroatoms. The normalized spacial score (nSPS) is 18.1. The van der Waals surface area contributed by atoms with E-state index in [0.29, 0.717) is 22.9 Å². The van der Waals surface area contributed by atoms with Crippen LogP contribution in [0.5, 0.6) is 17.4 Å². The smallest absolute Gasteiger partial charge is 0.283 e. The summed E-state index contributed by atoms with van der Waals surface area (Å²) in [4.78, 5) is 13.5. The van der Waals surface area contributed by atoms with Gasteiger partial charge in [-0.15, -0.1) is 0 Å². The predicted octanol–water partition coefficient (Wildman–Crippen LogP) is 3.62. The highest BCUT2D eigenvalue weighted by Gasteiger charge is 2.47. The van der Waals surface area contributed by atoms with E-state index in [4.69, 9.17) is 29.7 Å². The lowest BCUT2D eigenvalue weighted by molar-refractivity contribution is 0.0741. The molecule has 0 aliphatic carbocycles. The van der Waals surface area contributed by atoms with Crippen LogP contribution in [0.3, 0.4) is 0 Å². The van der Waals surface area contributed by atoms with Crippen LogP contribution >= 0.6 is 0 Å². The Morgan fingerprint density at radius 1 is 1.06 bits per heavy atom. The first-order valence-corrected chi connectivity index (χ1v) is 10.7. The molecule has 2 N–H and O–H groups in total. The van der Waals surface area contributed by atoms with Crippen molar-refractivity contribution in [2.75, 3.05) is 20.8 Å². The van der Waals surface area contributed by atoms with E-state index in [2.05, 4.69) is 21.8 Å². The van der Waals surface area contributed by atoms with Crippen molar-refractivity contribution in [2.45, 2.75) is 25.0 Å². The Kier molecular flexibility index (Phi) is 5.14. The second-order valence-corrected chi connectivity index (χ2v) is 8.57. The third-order valence-corrected chi connectivity index (χ3v) is 5.96.